The number of aliphatic hydroxyl groups excluding tert-OH is 1. The molecule has 2 N–H and O–H groups in total. The number of pyridine rings is 3. The first-order chi connectivity index (χ1) is 20.0. The number of hydrogen-bond donors (Lipinski definition) is 2. The van der Waals surface area contributed by atoms with Crippen LogP contribution in [0.2, 0.25) is 0 Å². The molecule has 2 fully saturated rings. The number of hydrogen-bond acceptors (Lipinski definition) is 7. The minimum absolute atomic E-state index is 0.0991. The smallest absolute Gasteiger partial charge is 0.193 e. The third-order valence-electron chi connectivity index (χ3n) is 8.21. The number of benzene rings is 1. The van der Waals surface area contributed by atoms with Gasteiger partial charge >= 0.3 is 0 Å². The maximum Gasteiger partial charge on any atom is 0.193 e. The highest BCUT2D eigenvalue weighted by molar-refractivity contribution is 5.83. The number of piperidine rings is 1. The molecule has 1 atom stereocenters. The fourth-order valence-corrected chi connectivity index (χ4v) is 6.02. The van der Waals surface area contributed by atoms with Crippen LogP contribution in [0.5, 0.6) is 0 Å². The summed E-state index contributed by atoms with van der Waals surface area (Å²) in [6.07, 6.45) is 11.7. The molecule has 4 heterocycles. The normalized spacial score (nSPS) is 17.4. The van der Waals surface area contributed by atoms with Crippen molar-refractivity contribution in [3.05, 3.63) is 94.0 Å². The molecule has 0 amide bonds. The van der Waals surface area contributed by atoms with E-state index in [1.807, 2.05) is 37.6 Å². The molecule has 1 saturated carbocycles. The lowest BCUT2D eigenvalue weighted by Crippen LogP contribution is -2.48. The largest absolute Gasteiger partial charge is 0.395 e. The Morgan fingerprint density at radius 1 is 1.15 bits per heavy atom. The van der Waals surface area contributed by atoms with Crippen LogP contribution in [0.3, 0.4) is 0 Å². The van der Waals surface area contributed by atoms with Gasteiger partial charge in [-0.1, -0.05) is 0 Å². The Balaban J connectivity index is 1.37. The Hall–Kier alpha value is -3.82. The first-order valence-corrected chi connectivity index (χ1v) is 14.5. The standard InChI is InChI=1S/C32H37FN6O2/c1-22-14-23(8-10-35-22)18-38(27-5-3-12-37(21-27)26-4-2-9-34-17-26)19-24-20-39(25-6-7-25)31-16-30(36-11-13-40)29(33)15-28(31)32(24)41/h2,4,8-10,14-17,20,25,27,36,40H,3,5-7,11-13,18-19,21H2,1H3/t27-/m0/s1. The quantitative estimate of drug-likeness (QED) is 0.294. The molecule has 1 saturated heterocycles. The molecule has 1 aliphatic heterocycles. The molecule has 8 nitrogen and oxygen atoms in total. The van der Waals surface area contributed by atoms with E-state index in [-0.39, 0.29) is 24.6 Å². The molecule has 41 heavy (non-hydrogen) atoms. The van der Waals surface area contributed by atoms with Crippen LogP contribution in [0.4, 0.5) is 15.8 Å². The van der Waals surface area contributed by atoms with Crippen LogP contribution < -0.4 is 15.6 Å². The van der Waals surface area contributed by atoms with E-state index in [0.717, 1.165) is 61.2 Å². The van der Waals surface area contributed by atoms with Crippen LogP contribution in [-0.4, -0.2) is 56.8 Å². The summed E-state index contributed by atoms with van der Waals surface area (Å²) >= 11 is 0. The topological polar surface area (TPSA) is 86.5 Å². The minimum atomic E-state index is -0.481. The summed E-state index contributed by atoms with van der Waals surface area (Å²) in [6, 6.07) is 11.8. The second-order valence-corrected chi connectivity index (χ2v) is 11.3. The Bertz CT molecular complexity index is 1570. The maximum atomic E-state index is 15.1. The predicted molar refractivity (Wildman–Crippen MR) is 160 cm³/mol. The lowest BCUT2D eigenvalue weighted by atomic mass is 10.0. The van der Waals surface area contributed by atoms with Crippen molar-refractivity contribution in [1.82, 2.24) is 19.4 Å². The highest BCUT2D eigenvalue weighted by atomic mass is 19.1. The number of rotatable bonds is 10. The Morgan fingerprint density at radius 3 is 2.78 bits per heavy atom. The molecule has 0 unspecified atom stereocenters. The van der Waals surface area contributed by atoms with Gasteiger partial charge < -0.3 is 19.9 Å². The SMILES string of the molecule is Cc1cc(CN(Cc2cn(C3CC3)c3cc(NCCO)c(F)cc3c2=O)[C@H]2CCCN(c3cccnc3)C2)ccn1. The van der Waals surface area contributed by atoms with Gasteiger partial charge in [-0.3, -0.25) is 19.7 Å². The van der Waals surface area contributed by atoms with Gasteiger partial charge in [0.1, 0.15) is 5.82 Å². The number of nitrogens with one attached hydrogen (secondary N) is 1. The maximum absolute atomic E-state index is 15.1. The predicted octanol–water partition coefficient (Wildman–Crippen LogP) is 4.65. The summed E-state index contributed by atoms with van der Waals surface area (Å²) < 4.78 is 17.2. The number of aryl methyl sites for hydroxylation is 1. The van der Waals surface area contributed by atoms with Crippen molar-refractivity contribution < 1.29 is 9.50 Å². The number of aliphatic hydroxyl groups is 1. The van der Waals surface area contributed by atoms with Gasteiger partial charge in [-0.05, 0) is 74.6 Å². The van der Waals surface area contributed by atoms with Crippen LogP contribution >= 0.6 is 0 Å². The fraction of sp³-hybridized carbons (Fsp3) is 0.406. The average molecular weight is 557 g/mol. The third kappa shape index (κ3) is 6.11. The summed E-state index contributed by atoms with van der Waals surface area (Å²) in [4.78, 5) is 27.4. The molecule has 214 valence electrons. The van der Waals surface area contributed by atoms with Crippen molar-refractivity contribution in [3.63, 3.8) is 0 Å². The van der Waals surface area contributed by atoms with E-state index in [1.165, 1.54) is 6.07 Å². The van der Waals surface area contributed by atoms with Gasteiger partial charge in [-0.15, -0.1) is 0 Å². The number of halogens is 1. The van der Waals surface area contributed by atoms with Crippen molar-refractivity contribution in [2.45, 2.75) is 57.8 Å². The lowest BCUT2D eigenvalue weighted by molar-refractivity contribution is 0.158. The molecule has 2 aliphatic rings. The molecule has 9 heteroatoms. The van der Waals surface area contributed by atoms with E-state index in [0.29, 0.717) is 35.8 Å². The Labute approximate surface area is 239 Å². The van der Waals surface area contributed by atoms with Crippen molar-refractivity contribution in [2.75, 3.05) is 36.5 Å². The van der Waals surface area contributed by atoms with E-state index in [9.17, 15) is 9.90 Å². The van der Waals surface area contributed by atoms with Gasteiger partial charge in [0.05, 0.1) is 29.7 Å². The van der Waals surface area contributed by atoms with E-state index in [2.05, 4.69) is 41.8 Å². The Kier molecular flexibility index (Phi) is 7.98. The molecule has 1 aliphatic carbocycles. The van der Waals surface area contributed by atoms with Crippen molar-refractivity contribution in [2.24, 2.45) is 0 Å². The van der Waals surface area contributed by atoms with Crippen LogP contribution in [0.15, 0.2) is 66.0 Å². The molecular weight excluding hydrogens is 519 g/mol. The number of fused-ring (bicyclic) bond motifs is 1. The molecule has 0 radical (unpaired) electrons. The molecular formula is C32H37FN6O2. The van der Waals surface area contributed by atoms with Crippen LogP contribution in [0.25, 0.3) is 10.9 Å². The average Bonchev–Trinajstić information content (AvgIpc) is 3.84. The second kappa shape index (κ2) is 12.0. The zero-order valence-electron chi connectivity index (χ0n) is 23.5. The summed E-state index contributed by atoms with van der Waals surface area (Å²) in [7, 11) is 0. The summed E-state index contributed by atoms with van der Waals surface area (Å²) in [5, 5.41) is 12.5. The number of anilines is 2. The van der Waals surface area contributed by atoms with Crippen LogP contribution in [0, 0.1) is 12.7 Å². The fourth-order valence-electron chi connectivity index (χ4n) is 6.02. The van der Waals surface area contributed by atoms with Gasteiger partial charge in [0.25, 0.3) is 0 Å². The van der Waals surface area contributed by atoms with E-state index in [1.54, 1.807) is 12.3 Å². The van der Waals surface area contributed by atoms with Crippen LogP contribution in [-0.2, 0) is 13.1 Å². The minimum Gasteiger partial charge on any atom is -0.395 e. The van der Waals surface area contributed by atoms with Gasteiger partial charge in [0.15, 0.2) is 5.43 Å². The van der Waals surface area contributed by atoms with Gasteiger partial charge in [-0.2, -0.15) is 0 Å². The van der Waals surface area contributed by atoms with E-state index < -0.39 is 5.82 Å². The number of nitrogens with zero attached hydrogens (tertiary/aromatic N) is 5. The lowest BCUT2D eigenvalue weighted by Gasteiger charge is -2.40. The number of aromatic nitrogens is 3. The first-order valence-electron chi connectivity index (χ1n) is 14.5. The van der Waals surface area contributed by atoms with Gasteiger partial charge in [0.2, 0.25) is 0 Å². The molecule has 0 spiro atoms. The van der Waals surface area contributed by atoms with Crippen molar-refractivity contribution >= 4 is 22.3 Å². The summed E-state index contributed by atoms with van der Waals surface area (Å²) in [5.74, 6) is -0.481. The zero-order chi connectivity index (χ0) is 28.3. The van der Waals surface area contributed by atoms with E-state index in [4.69, 9.17) is 0 Å². The third-order valence-corrected chi connectivity index (χ3v) is 8.21. The monoisotopic (exact) mass is 556 g/mol. The van der Waals surface area contributed by atoms with E-state index >= 15 is 4.39 Å². The molecule has 4 aromatic rings. The highest BCUT2D eigenvalue weighted by Crippen LogP contribution is 2.38. The van der Waals surface area contributed by atoms with Gasteiger partial charge in [-0.25, -0.2) is 4.39 Å². The van der Waals surface area contributed by atoms with Crippen molar-refractivity contribution in [1.29, 1.82) is 0 Å². The Morgan fingerprint density at radius 2 is 2.02 bits per heavy atom. The second-order valence-electron chi connectivity index (χ2n) is 11.3. The molecule has 0 bridgehead atoms. The summed E-state index contributed by atoms with van der Waals surface area (Å²) in [5.41, 5.74) is 4.83. The zero-order valence-corrected chi connectivity index (χ0v) is 23.5. The molecule has 6 rings (SSSR count). The molecule has 1 aromatic carbocycles. The summed E-state index contributed by atoms with van der Waals surface area (Å²) in [6.45, 7) is 5.12. The highest BCUT2D eigenvalue weighted by Gasteiger charge is 2.29. The van der Waals surface area contributed by atoms with Gasteiger partial charge in [0, 0.05) is 80.0 Å². The molecule has 3 aromatic heterocycles. The van der Waals surface area contributed by atoms with Crippen LogP contribution in [0.1, 0.15) is 48.5 Å². The van der Waals surface area contributed by atoms with Crippen molar-refractivity contribution in [3.8, 4) is 0 Å². The first kappa shape index (κ1) is 27.4.